The summed E-state index contributed by atoms with van der Waals surface area (Å²) >= 11 is 3.66. The standard InChI is InChI=1S/C16H25BrN2/c1-2-19(12-14-8-3-5-9-15(14)17)16-10-6-4-7-13(16)11-18/h3,5,8-9,13,16H,2,4,6-7,10-12,18H2,1H3. The van der Waals surface area contributed by atoms with Crippen LogP contribution in [0.25, 0.3) is 0 Å². The molecule has 19 heavy (non-hydrogen) atoms. The van der Waals surface area contributed by atoms with Crippen LogP contribution in [0.4, 0.5) is 0 Å². The molecule has 0 bridgehead atoms. The lowest BCUT2D eigenvalue weighted by Gasteiger charge is -2.39. The molecular weight excluding hydrogens is 300 g/mol. The highest BCUT2D eigenvalue weighted by molar-refractivity contribution is 9.10. The van der Waals surface area contributed by atoms with Crippen molar-refractivity contribution in [2.75, 3.05) is 13.1 Å². The fraction of sp³-hybridized carbons (Fsp3) is 0.625. The number of hydrogen-bond acceptors (Lipinski definition) is 2. The first-order chi connectivity index (χ1) is 9.26. The van der Waals surface area contributed by atoms with Gasteiger partial charge in [0, 0.05) is 17.1 Å². The second kappa shape index (κ2) is 7.41. The molecule has 1 aromatic rings. The van der Waals surface area contributed by atoms with Gasteiger partial charge in [0.15, 0.2) is 0 Å². The third-order valence-corrected chi connectivity index (χ3v) is 5.15. The Morgan fingerprint density at radius 2 is 2.00 bits per heavy atom. The fourth-order valence-electron chi connectivity index (χ4n) is 3.25. The van der Waals surface area contributed by atoms with Crippen molar-refractivity contribution in [3.05, 3.63) is 34.3 Å². The largest absolute Gasteiger partial charge is 0.330 e. The molecule has 0 spiro atoms. The molecule has 0 aliphatic heterocycles. The molecule has 2 nitrogen and oxygen atoms in total. The summed E-state index contributed by atoms with van der Waals surface area (Å²) in [6.45, 7) is 5.22. The quantitative estimate of drug-likeness (QED) is 0.892. The van der Waals surface area contributed by atoms with Crippen molar-refractivity contribution in [2.24, 2.45) is 11.7 Å². The Kier molecular flexibility index (Phi) is 5.86. The smallest absolute Gasteiger partial charge is 0.0247 e. The summed E-state index contributed by atoms with van der Waals surface area (Å²) in [5.74, 6) is 0.677. The van der Waals surface area contributed by atoms with E-state index in [-0.39, 0.29) is 0 Å². The Bertz CT molecular complexity index is 394. The highest BCUT2D eigenvalue weighted by Crippen LogP contribution is 2.29. The van der Waals surface area contributed by atoms with Crippen LogP contribution in [-0.2, 0) is 6.54 Å². The maximum atomic E-state index is 5.97. The lowest BCUT2D eigenvalue weighted by molar-refractivity contribution is 0.105. The average Bonchev–Trinajstić information content (AvgIpc) is 2.46. The van der Waals surface area contributed by atoms with Crippen LogP contribution >= 0.6 is 15.9 Å². The highest BCUT2D eigenvalue weighted by Gasteiger charge is 2.28. The maximum absolute atomic E-state index is 5.97. The Hall–Kier alpha value is -0.380. The lowest BCUT2D eigenvalue weighted by atomic mass is 9.83. The maximum Gasteiger partial charge on any atom is 0.0247 e. The van der Waals surface area contributed by atoms with Crippen LogP contribution in [0.1, 0.15) is 38.2 Å². The van der Waals surface area contributed by atoms with Crippen LogP contribution in [0.15, 0.2) is 28.7 Å². The van der Waals surface area contributed by atoms with E-state index in [0.29, 0.717) is 12.0 Å². The average molecular weight is 325 g/mol. The molecule has 1 saturated carbocycles. The first-order valence-electron chi connectivity index (χ1n) is 7.43. The van der Waals surface area contributed by atoms with Crippen molar-refractivity contribution >= 4 is 15.9 Å². The lowest BCUT2D eigenvalue weighted by Crippen LogP contribution is -2.44. The number of nitrogens with two attached hydrogens (primary N) is 1. The number of halogens is 1. The van der Waals surface area contributed by atoms with Gasteiger partial charge in [0.25, 0.3) is 0 Å². The monoisotopic (exact) mass is 324 g/mol. The van der Waals surface area contributed by atoms with Crippen molar-refractivity contribution in [1.82, 2.24) is 4.90 Å². The third-order valence-electron chi connectivity index (χ3n) is 4.38. The van der Waals surface area contributed by atoms with E-state index in [2.05, 4.69) is 52.0 Å². The van der Waals surface area contributed by atoms with E-state index in [4.69, 9.17) is 5.73 Å². The molecule has 0 heterocycles. The minimum atomic E-state index is 0.663. The minimum absolute atomic E-state index is 0.663. The first-order valence-corrected chi connectivity index (χ1v) is 8.23. The highest BCUT2D eigenvalue weighted by atomic mass is 79.9. The molecule has 0 radical (unpaired) electrons. The summed E-state index contributed by atoms with van der Waals surface area (Å²) in [7, 11) is 0. The Morgan fingerprint density at radius 3 is 2.68 bits per heavy atom. The van der Waals surface area contributed by atoms with E-state index >= 15 is 0 Å². The fourth-order valence-corrected chi connectivity index (χ4v) is 3.66. The Morgan fingerprint density at radius 1 is 1.26 bits per heavy atom. The van der Waals surface area contributed by atoms with Crippen molar-refractivity contribution in [3.8, 4) is 0 Å². The van der Waals surface area contributed by atoms with E-state index in [1.807, 2.05) is 0 Å². The van der Waals surface area contributed by atoms with Gasteiger partial charge in [0.05, 0.1) is 0 Å². The molecule has 3 heteroatoms. The molecule has 2 atom stereocenters. The van der Waals surface area contributed by atoms with Crippen molar-refractivity contribution in [1.29, 1.82) is 0 Å². The molecule has 1 aliphatic rings. The SMILES string of the molecule is CCN(Cc1ccccc1Br)C1CCCCC1CN. The molecule has 2 rings (SSSR count). The molecule has 2 unspecified atom stereocenters. The van der Waals surface area contributed by atoms with E-state index in [1.165, 1.54) is 35.7 Å². The minimum Gasteiger partial charge on any atom is -0.330 e. The van der Waals surface area contributed by atoms with Crippen LogP contribution in [0.2, 0.25) is 0 Å². The molecule has 2 N–H and O–H groups in total. The second-order valence-electron chi connectivity index (χ2n) is 5.50. The zero-order valence-electron chi connectivity index (χ0n) is 11.8. The molecule has 0 aromatic heterocycles. The Balaban J connectivity index is 2.08. The zero-order valence-corrected chi connectivity index (χ0v) is 13.4. The normalized spacial score (nSPS) is 23.8. The molecular formula is C16H25BrN2. The van der Waals surface area contributed by atoms with Crippen molar-refractivity contribution < 1.29 is 0 Å². The van der Waals surface area contributed by atoms with Gasteiger partial charge in [-0.3, -0.25) is 4.90 Å². The number of benzene rings is 1. The molecule has 0 amide bonds. The van der Waals surface area contributed by atoms with Crippen LogP contribution in [0.3, 0.4) is 0 Å². The van der Waals surface area contributed by atoms with Crippen molar-refractivity contribution in [2.45, 2.75) is 45.2 Å². The first kappa shape index (κ1) is 15.0. The van der Waals surface area contributed by atoms with Crippen LogP contribution in [-0.4, -0.2) is 24.0 Å². The zero-order chi connectivity index (χ0) is 13.7. The van der Waals surface area contributed by atoms with E-state index in [1.54, 1.807) is 0 Å². The summed E-state index contributed by atoms with van der Waals surface area (Å²) in [6, 6.07) is 9.20. The van der Waals surface area contributed by atoms with E-state index in [9.17, 15) is 0 Å². The van der Waals surface area contributed by atoms with Gasteiger partial charge >= 0.3 is 0 Å². The molecule has 1 aliphatic carbocycles. The molecule has 1 aromatic carbocycles. The predicted molar refractivity (Wildman–Crippen MR) is 85.0 cm³/mol. The third kappa shape index (κ3) is 3.80. The number of rotatable bonds is 5. The van der Waals surface area contributed by atoms with Gasteiger partial charge in [-0.25, -0.2) is 0 Å². The summed E-state index contributed by atoms with van der Waals surface area (Å²) in [5, 5.41) is 0. The van der Waals surface area contributed by atoms with Gasteiger partial charge < -0.3 is 5.73 Å². The van der Waals surface area contributed by atoms with Gasteiger partial charge in [-0.2, -0.15) is 0 Å². The molecule has 1 fully saturated rings. The predicted octanol–water partition coefficient (Wildman–Crippen LogP) is 3.79. The summed E-state index contributed by atoms with van der Waals surface area (Å²) < 4.78 is 1.22. The second-order valence-corrected chi connectivity index (χ2v) is 6.36. The molecule has 106 valence electrons. The van der Waals surface area contributed by atoms with Crippen molar-refractivity contribution in [3.63, 3.8) is 0 Å². The van der Waals surface area contributed by atoms with Gasteiger partial charge in [-0.05, 0) is 43.5 Å². The van der Waals surface area contributed by atoms with Crippen LogP contribution in [0, 0.1) is 5.92 Å². The van der Waals surface area contributed by atoms with Crippen LogP contribution < -0.4 is 5.73 Å². The van der Waals surface area contributed by atoms with E-state index in [0.717, 1.165) is 19.6 Å². The Labute approximate surface area is 125 Å². The summed E-state index contributed by atoms with van der Waals surface area (Å²) in [5.41, 5.74) is 7.35. The van der Waals surface area contributed by atoms with Crippen LogP contribution in [0.5, 0.6) is 0 Å². The number of hydrogen-bond donors (Lipinski definition) is 1. The topological polar surface area (TPSA) is 29.3 Å². The van der Waals surface area contributed by atoms with Gasteiger partial charge in [0.1, 0.15) is 0 Å². The summed E-state index contributed by atoms with van der Waals surface area (Å²) in [4.78, 5) is 2.61. The van der Waals surface area contributed by atoms with Gasteiger partial charge in [0.2, 0.25) is 0 Å². The summed E-state index contributed by atoms with van der Waals surface area (Å²) in [6.07, 6.45) is 5.31. The number of nitrogens with zero attached hydrogens (tertiary/aromatic N) is 1. The molecule has 0 saturated heterocycles. The van der Waals surface area contributed by atoms with Gasteiger partial charge in [-0.15, -0.1) is 0 Å². The van der Waals surface area contributed by atoms with E-state index < -0.39 is 0 Å². The van der Waals surface area contributed by atoms with Gasteiger partial charge in [-0.1, -0.05) is 53.9 Å².